The third kappa shape index (κ3) is 6.44. The maximum absolute atomic E-state index is 13.1. The van der Waals surface area contributed by atoms with E-state index in [-0.39, 0.29) is 0 Å². The lowest BCUT2D eigenvalue weighted by Gasteiger charge is -2.30. The van der Waals surface area contributed by atoms with E-state index in [4.69, 9.17) is 9.84 Å². The van der Waals surface area contributed by atoms with Gasteiger partial charge in [-0.2, -0.15) is 0 Å². The van der Waals surface area contributed by atoms with Crippen LogP contribution < -0.4 is 10.1 Å². The number of aliphatic hydroxyl groups is 1. The average Bonchev–Trinajstić information content (AvgIpc) is 3.12. The highest BCUT2D eigenvalue weighted by Crippen LogP contribution is 2.42. The molecule has 31 heavy (non-hydrogen) atoms. The summed E-state index contributed by atoms with van der Waals surface area (Å²) in [5.74, 6) is 1.13. The molecule has 1 aromatic heterocycles. The number of carbonyl (C=O) groups is 1. The summed E-state index contributed by atoms with van der Waals surface area (Å²) in [6.45, 7) is 8.78. The summed E-state index contributed by atoms with van der Waals surface area (Å²) < 4.78 is 5.72. The number of hydrogen-bond acceptors (Lipinski definition) is 5. The molecule has 0 saturated carbocycles. The van der Waals surface area contributed by atoms with E-state index in [2.05, 4.69) is 38.2 Å². The maximum Gasteiger partial charge on any atom is 0.173 e. The minimum atomic E-state index is 0.295. The van der Waals surface area contributed by atoms with Gasteiger partial charge in [-0.05, 0) is 72.4 Å². The Balaban J connectivity index is 1.53. The SMILES string of the molecule is CCc1sc(C(=O)CCc2ccc(OCCNCC=CO)cc2)c2c1CC(C)(C)CC2. The highest BCUT2D eigenvalue weighted by molar-refractivity contribution is 7.14. The number of fused-ring (bicyclic) bond motifs is 1. The van der Waals surface area contributed by atoms with Gasteiger partial charge in [0, 0.05) is 24.4 Å². The number of Topliss-reactive ketones (excluding diaryl/α,β-unsaturated/α-hetero) is 1. The van der Waals surface area contributed by atoms with Crippen molar-refractivity contribution in [1.29, 1.82) is 0 Å². The zero-order valence-corrected chi connectivity index (χ0v) is 19.8. The summed E-state index contributed by atoms with van der Waals surface area (Å²) in [7, 11) is 0. The third-order valence-corrected chi connectivity index (χ3v) is 7.42. The molecule has 2 aromatic rings. The molecule has 168 valence electrons. The summed E-state index contributed by atoms with van der Waals surface area (Å²) in [4.78, 5) is 15.5. The van der Waals surface area contributed by atoms with Gasteiger partial charge in [-0.1, -0.05) is 32.9 Å². The van der Waals surface area contributed by atoms with Crippen LogP contribution in [-0.2, 0) is 25.7 Å². The third-order valence-electron chi connectivity index (χ3n) is 5.96. The van der Waals surface area contributed by atoms with Crippen molar-refractivity contribution in [2.75, 3.05) is 19.7 Å². The van der Waals surface area contributed by atoms with Crippen molar-refractivity contribution in [3.8, 4) is 5.75 Å². The van der Waals surface area contributed by atoms with Crippen molar-refractivity contribution in [3.63, 3.8) is 0 Å². The van der Waals surface area contributed by atoms with Crippen LogP contribution in [0.4, 0.5) is 0 Å². The number of thiophene rings is 1. The molecule has 0 bridgehead atoms. The highest BCUT2D eigenvalue weighted by Gasteiger charge is 2.31. The van der Waals surface area contributed by atoms with Crippen LogP contribution >= 0.6 is 11.3 Å². The molecule has 1 aromatic carbocycles. The van der Waals surface area contributed by atoms with Gasteiger partial charge in [0.2, 0.25) is 0 Å². The number of ketones is 1. The van der Waals surface area contributed by atoms with E-state index in [9.17, 15) is 4.79 Å². The Kier molecular flexibility index (Phi) is 8.33. The first-order valence-corrected chi connectivity index (χ1v) is 12.1. The van der Waals surface area contributed by atoms with Crippen molar-refractivity contribution in [2.24, 2.45) is 5.41 Å². The molecule has 0 radical (unpaired) electrons. The number of carbonyl (C=O) groups excluding carboxylic acids is 1. The quantitative estimate of drug-likeness (QED) is 0.267. The molecule has 0 amide bonds. The molecule has 0 spiro atoms. The van der Waals surface area contributed by atoms with Gasteiger partial charge in [0.15, 0.2) is 5.78 Å². The van der Waals surface area contributed by atoms with Crippen molar-refractivity contribution in [3.05, 3.63) is 63.0 Å². The second kappa shape index (κ2) is 11.0. The average molecular weight is 442 g/mol. The molecule has 1 aliphatic carbocycles. The standard InChI is InChI=1S/C26H35NO3S/c1-4-24-22-18-26(2,3)13-12-21(22)25(31-24)23(29)11-8-19-6-9-20(10-7-19)30-17-15-27-14-5-16-28/h5-7,9-10,16,27-28H,4,8,11-15,17-18H2,1-3H3. The van der Waals surface area contributed by atoms with E-state index in [0.29, 0.717) is 37.3 Å². The second-order valence-corrected chi connectivity index (χ2v) is 10.1. The van der Waals surface area contributed by atoms with E-state index in [0.717, 1.165) is 54.6 Å². The van der Waals surface area contributed by atoms with E-state index in [1.54, 1.807) is 17.4 Å². The smallest absolute Gasteiger partial charge is 0.173 e. The number of ether oxygens (including phenoxy) is 1. The zero-order chi connectivity index (χ0) is 22.3. The number of rotatable bonds is 11. The van der Waals surface area contributed by atoms with Crippen LogP contribution in [0.25, 0.3) is 0 Å². The fourth-order valence-electron chi connectivity index (χ4n) is 4.17. The molecule has 0 fully saturated rings. The van der Waals surface area contributed by atoms with Gasteiger partial charge in [-0.3, -0.25) is 4.79 Å². The molecule has 5 heteroatoms. The Bertz CT molecular complexity index is 896. The van der Waals surface area contributed by atoms with Crippen LogP contribution in [0.1, 0.15) is 64.9 Å². The summed E-state index contributed by atoms with van der Waals surface area (Å²) in [5, 5.41) is 11.7. The molecular weight excluding hydrogens is 406 g/mol. The summed E-state index contributed by atoms with van der Waals surface area (Å²) in [6, 6.07) is 8.04. The van der Waals surface area contributed by atoms with Gasteiger partial charge in [0.1, 0.15) is 12.4 Å². The summed E-state index contributed by atoms with van der Waals surface area (Å²) in [5.41, 5.74) is 4.32. The summed E-state index contributed by atoms with van der Waals surface area (Å²) in [6.07, 6.45) is 8.32. The van der Waals surface area contributed by atoms with Crippen molar-refractivity contribution in [2.45, 2.75) is 59.3 Å². The Morgan fingerprint density at radius 3 is 2.74 bits per heavy atom. The fraction of sp³-hybridized carbons (Fsp3) is 0.500. The first-order valence-electron chi connectivity index (χ1n) is 11.3. The van der Waals surface area contributed by atoms with Crippen LogP contribution in [0.5, 0.6) is 5.75 Å². The fourth-order valence-corrected chi connectivity index (χ4v) is 5.44. The number of aryl methyl sites for hydroxylation is 2. The molecular formula is C26H35NO3S. The number of nitrogens with one attached hydrogen (secondary N) is 1. The van der Waals surface area contributed by atoms with Gasteiger partial charge in [0.05, 0.1) is 11.1 Å². The van der Waals surface area contributed by atoms with Gasteiger partial charge in [-0.15, -0.1) is 11.3 Å². The zero-order valence-electron chi connectivity index (χ0n) is 19.0. The molecule has 2 N–H and O–H groups in total. The van der Waals surface area contributed by atoms with Crippen molar-refractivity contribution >= 4 is 17.1 Å². The highest BCUT2D eigenvalue weighted by atomic mass is 32.1. The van der Waals surface area contributed by atoms with E-state index in [1.807, 2.05) is 12.1 Å². The Morgan fingerprint density at radius 1 is 1.26 bits per heavy atom. The van der Waals surface area contributed by atoms with E-state index >= 15 is 0 Å². The van der Waals surface area contributed by atoms with Crippen LogP contribution in [0.2, 0.25) is 0 Å². The van der Waals surface area contributed by atoms with Gasteiger partial charge in [0.25, 0.3) is 0 Å². The van der Waals surface area contributed by atoms with Crippen LogP contribution in [0.3, 0.4) is 0 Å². The topological polar surface area (TPSA) is 58.6 Å². The molecule has 3 rings (SSSR count). The number of benzene rings is 1. The predicted octanol–water partition coefficient (Wildman–Crippen LogP) is 5.68. The lowest BCUT2D eigenvalue weighted by atomic mass is 9.74. The molecule has 0 aliphatic heterocycles. The molecule has 1 heterocycles. The van der Waals surface area contributed by atoms with Crippen molar-refractivity contribution < 1.29 is 14.6 Å². The lowest BCUT2D eigenvalue weighted by Crippen LogP contribution is -2.22. The first-order chi connectivity index (χ1) is 14.9. The minimum Gasteiger partial charge on any atom is -0.516 e. The normalized spacial score (nSPS) is 15.2. The van der Waals surface area contributed by atoms with Crippen LogP contribution in [0.15, 0.2) is 36.6 Å². The van der Waals surface area contributed by atoms with E-state index < -0.39 is 0 Å². The molecule has 0 atom stereocenters. The largest absolute Gasteiger partial charge is 0.516 e. The maximum atomic E-state index is 13.1. The van der Waals surface area contributed by atoms with Crippen molar-refractivity contribution in [1.82, 2.24) is 5.32 Å². The lowest BCUT2D eigenvalue weighted by molar-refractivity contribution is 0.0985. The number of hydrogen-bond donors (Lipinski definition) is 2. The molecule has 0 saturated heterocycles. The number of aliphatic hydroxyl groups excluding tert-OH is 1. The Hall–Kier alpha value is -2.11. The van der Waals surface area contributed by atoms with Crippen LogP contribution in [-0.4, -0.2) is 30.6 Å². The first kappa shape index (κ1) is 23.6. The minimum absolute atomic E-state index is 0.295. The predicted molar refractivity (Wildman–Crippen MR) is 129 cm³/mol. The van der Waals surface area contributed by atoms with Gasteiger partial charge >= 0.3 is 0 Å². The monoisotopic (exact) mass is 441 g/mol. The summed E-state index contributed by atoms with van der Waals surface area (Å²) >= 11 is 1.74. The van der Waals surface area contributed by atoms with Crippen LogP contribution in [0, 0.1) is 5.41 Å². The molecule has 4 nitrogen and oxygen atoms in total. The van der Waals surface area contributed by atoms with Gasteiger partial charge < -0.3 is 15.2 Å². The Morgan fingerprint density at radius 2 is 2.03 bits per heavy atom. The molecule has 0 unspecified atom stereocenters. The van der Waals surface area contributed by atoms with Gasteiger partial charge in [-0.25, -0.2) is 0 Å². The Labute approximate surface area is 190 Å². The second-order valence-electron chi connectivity index (χ2n) is 9.01. The molecule has 1 aliphatic rings. The van der Waals surface area contributed by atoms with E-state index in [1.165, 1.54) is 16.0 Å².